The van der Waals surface area contributed by atoms with E-state index in [-0.39, 0.29) is 23.2 Å². The molecule has 10 heteroatoms. The Morgan fingerprint density at radius 3 is 2.25 bits per heavy atom. The van der Waals surface area contributed by atoms with E-state index < -0.39 is 28.5 Å². The lowest BCUT2D eigenvalue weighted by molar-refractivity contribution is -0.140. The smallest absolute Gasteiger partial charge is 0.244 e. The van der Waals surface area contributed by atoms with Crippen LogP contribution >= 0.6 is 23.2 Å². The maximum absolute atomic E-state index is 13.4. The van der Waals surface area contributed by atoms with Gasteiger partial charge in [0.1, 0.15) is 12.6 Å². The SMILES string of the molecule is CCNC(=O)C(CC)N(Cc1ccccc1)C(=O)CN(c1ccc(Cl)cc1Cl)S(C)(=O)=O. The van der Waals surface area contributed by atoms with Gasteiger partial charge in [0.05, 0.1) is 17.0 Å². The van der Waals surface area contributed by atoms with E-state index in [9.17, 15) is 18.0 Å². The Bertz CT molecular complexity index is 1050. The predicted molar refractivity (Wildman–Crippen MR) is 128 cm³/mol. The van der Waals surface area contributed by atoms with E-state index in [1.165, 1.54) is 23.1 Å². The molecular weight excluding hydrogens is 473 g/mol. The van der Waals surface area contributed by atoms with Gasteiger partial charge in [-0.15, -0.1) is 0 Å². The Hall–Kier alpha value is -2.29. The van der Waals surface area contributed by atoms with Crippen LogP contribution in [0.15, 0.2) is 48.5 Å². The van der Waals surface area contributed by atoms with Crippen molar-refractivity contribution in [2.45, 2.75) is 32.9 Å². The van der Waals surface area contributed by atoms with Crippen molar-refractivity contribution in [3.05, 3.63) is 64.1 Å². The largest absolute Gasteiger partial charge is 0.355 e. The van der Waals surface area contributed by atoms with Crippen molar-refractivity contribution in [2.24, 2.45) is 0 Å². The van der Waals surface area contributed by atoms with Crippen LogP contribution in [-0.4, -0.2) is 50.5 Å². The van der Waals surface area contributed by atoms with E-state index in [0.29, 0.717) is 18.0 Å². The van der Waals surface area contributed by atoms with Gasteiger partial charge in [-0.3, -0.25) is 13.9 Å². The van der Waals surface area contributed by atoms with E-state index in [2.05, 4.69) is 5.32 Å². The lowest BCUT2D eigenvalue weighted by Crippen LogP contribution is -2.52. The molecule has 32 heavy (non-hydrogen) atoms. The van der Waals surface area contributed by atoms with Gasteiger partial charge in [-0.25, -0.2) is 8.42 Å². The average Bonchev–Trinajstić information content (AvgIpc) is 2.72. The van der Waals surface area contributed by atoms with Crippen LogP contribution in [0.3, 0.4) is 0 Å². The number of benzene rings is 2. The maximum Gasteiger partial charge on any atom is 0.244 e. The number of sulfonamides is 1. The zero-order valence-corrected chi connectivity index (χ0v) is 20.5. The molecule has 1 unspecified atom stereocenters. The summed E-state index contributed by atoms with van der Waals surface area (Å²) in [6.45, 7) is 3.65. The molecule has 0 aliphatic rings. The number of likely N-dealkylation sites (N-methyl/N-ethyl adjacent to an activating group) is 1. The average molecular weight is 500 g/mol. The third-order valence-electron chi connectivity index (χ3n) is 4.79. The fraction of sp³-hybridized carbons (Fsp3) is 0.364. The number of nitrogens with one attached hydrogen (secondary N) is 1. The Balaban J connectivity index is 2.44. The van der Waals surface area contributed by atoms with Gasteiger partial charge in [-0.2, -0.15) is 0 Å². The van der Waals surface area contributed by atoms with Crippen molar-refractivity contribution in [3.8, 4) is 0 Å². The molecule has 7 nitrogen and oxygen atoms in total. The molecule has 1 N–H and O–H groups in total. The minimum atomic E-state index is -3.86. The number of nitrogens with zero attached hydrogens (tertiary/aromatic N) is 2. The summed E-state index contributed by atoms with van der Waals surface area (Å²) < 4.78 is 26.0. The molecule has 2 aromatic carbocycles. The first-order chi connectivity index (χ1) is 15.1. The van der Waals surface area contributed by atoms with E-state index in [1.807, 2.05) is 30.3 Å². The quantitative estimate of drug-likeness (QED) is 0.539. The number of carbonyl (C=O) groups is 2. The standard InChI is InChI=1S/C22H27Cl2N3O4S/c1-4-19(22(29)25-5-2)26(14-16-9-7-6-8-10-16)21(28)15-27(32(3,30)31)20-12-11-17(23)13-18(20)24/h6-13,19H,4-5,14-15H2,1-3H3,(H,25,29). The molecule has 0 saturated heterocycles. The van der Waals surface area contributed by atoms with Gasteiger partial charge in [0, 0.05) is 18.1 Å². The summed E-state index contributed by atoms with van der Waals surface area (Å²) in [6.07, 6.45) is 1.36. The highest BCUT2D eigenvalue weighted by molar-refractivity contribution is 7.92. The number of halogens is 2. The first-order valence-electron chi connectivity index (χ1n) is 10.1. The molecule has 0 aliphatic heterocycles. The Morgan fingerprint density at radius 2 is 1.72 bits per heavy atom. The highest BCUT2D eigenvalue weighted by atomic mass is 35.5. The van der Waals surface area contributed by atoms with Crippen LogP contribution in [0.5, 0.6) is 0 Å². The summed E-state index contributed by atoms with van der Waals surface area (Å²) in [5, 5.41) is 3.19. The van der Waals surface area contributed by atoms with Crippen LogP contribution in [0.1, 0.15) is 25.8 Å². The molecule has 0 radical (unpaired) electrons. The van der Waals surface area contributed by atoms with Gasteiger partial charge in [-0.05, 0) is 37.1 Å². The molecule has 0 aromatic heterocycles. The molecular formula is C22H27Cl2N3O4S. The number of anilines is 1. The molecule has 0 spiro atoms. The fourth-order valence-electron chi connectivity index (χ4n) is 3.27. The molecule has 1 atom stereocenters. The van der Waals surface area contributed by atoms with Crippen LogP contribution < -0.4 is 9.62 Å². The monoisotopic (exact) mass is 499 g/mol. The minimum Gasteiger partial charge on any atom is -0.355 e. The lowest BCUT2D eigenvalue weighted by Gasteiger charge is -2.33. The first kappa shape index (κ1) is 26.0. The van der Waals surface area contributed by atoms with Crippen LogP contribution in [0.4, 0.5) is 5.69 Å². The third kappa shape index (κ3) is 6.85. The zero-order valence-electron chi connectivity index (χ0n) is 18.2. The van der Waals surface area contributed by atoms with E-state index in [4.69, 9.17) is 23.2 Å². The molecule has 2 aromatic rings. The lowest BCUT2D eigenvalue weighted by atomic mass is 10.1. The van der Waals surface area contributed by atoms with Crippen LogP contribution in [0.25, 0.3) is 0 Å². The second kappa shape index (κ2) is 11.5. The maximum atomic E-state index is 13.4. The van der Waals surface area contributed by atoms with Crippen molar-refractivity contribution in [3.63, 3.8) is 0 Å². The van der Waals surface area contributed by atoms with E-state index in [1.54, 1.807) is 13.8 Å². The molecule has 0 bridgehead atoms. The Morgan fingerprint density at radius 1 is 1.06 bits per heavy atom. The Kier molecular flexibility index (Phi) is 9.36. The first-order valence-corrected chi connectivity index (χ1v) is 12.7. The van der Waals surface area contributed by atoms with Crippen molar-refractivity contribution >= 4 is 50.7 Å². The molecule has 0 fully saturated rings. The second-order valence-electron chi connectivity index (χ2n) is 7.19. The van der Waals surface area contributed by atoms with Gasteiger partial charge in [0.25, 0.3) is 0 Å². The summed E-state index contributed by atoms with van der Waals surface area (Å²) >= 11 is 12.2. The summed E-state index contributed by atoms with van der Waals surface area (Å²) in [5.74, 6) is -0.821. The van der Waals surface area contributed by atoms with Crippen molar-refractivity contribution in [2.75, 3.05) is 23.7 Å². The molecule has 2 amide bonds. The number of rotatable bonds is 10. The predicted octanol–water partition coefficient (Wildman–Crippen LogP) is 3.70. The molecule has 2 rings (SSSR count). The van der Waals surface area contributed by atoms with Crippen LogP contribution in [-0.2, 0) is 26.2 Å². The fourth-order valence-corrected chi connectivity index (χ4v) is 4.69. The molecule has 0 heterocycles. The Labute approximate surface area is 199 Å². The second-order valence-corrected chi connectivity index (χ2v) is 9.94. The number of carbonyl (C=O) groups excluding carboxylic acids is 2. The van der Waals surface area contributed by atoms with E-state index >= 15 is 0 Å². The highest BCUT2D eigenvalue weighted by Gasteiger charge is 2.32. The number of hydrogen-bond donors (Lipinski definition) is 1. The van der Waals surface area contributed by atoms with Crippen LogP contribution in [0, 0.1) is 0 Å². The van der Waals surface area contributed by atoms with Crippen molar-refractivity contribution < 1.29 is 18.0 Å². The molecule has 174 valence electrons. The highest BCUT2D eigenvalue weighted by Crippen LogP contribution is 2.30. The minimum absolute atomic E-state index is 0.0982. The van der Waals surface area contributed by atoms with E-state index in [0.717, 1.165) is 16.1 Å². The van der Waals surface area contributed by atoms with Crippen LogP contribution in [0.2, 0.25) is 10.0 Å². The number of amides is 2. The zero-order chi connectivity index (χ0) is 23.9. The topological polar surface area (TPSA) is 86.8 Å². The summed E-state index contributed by atoms with van der Waals surface area (Å²) in [4.78, 5) is 27.5. The van der Waals surface area contributed by atoms with Gasteiger partial charge < -0.3 is 10.2 Å². The normalized spacial score (nSPS) is 12.2. The van der Waals surface area contributed by atoms with Gasteiger partial charge in [-0.1, -0.05) is 60.5 Å². The molecule has 0 saturated carbocycles. The summed E-state index contributed by atoms with van der Waals surface area (Å²) in [5.41, 5.74) is 0.955. The van der Waals surface area contributed by atoms with Gasteiger partial charge in [0.2, 0.25) is 21.8 Å². The van der Waals surface area contributed by atoms with Crippen molar-refractivity contribution in [1.29, 1.82) is 0 Å². The summed E-state index contributed by atoms with van der Waals surface area (Å²) in [6, 6.07) is 12.8. The third-order valence-corrected chi connectivity index (χ3v) is 6.45. The van der Waals surface area contributed by atoms with Gasteiger partial charge >= 0.3 is 0 Å². The summed E-state index contributed by atoms with van der Waals surface area (Å²) in [7, 11) is -3.86. The van der Waals surface area contributed by atoms with Crippen molar-refractivity contribution in [1.82, 2.24) is 10.2 Å². The number of hydrogen-bond acceptors (Lipinski definition) is 4. The van der Waals surface area contributed by atoms with Gasteiger partial charge in [0.15, 0.2) is 0 Å². The molecule has 0 aliphatic carbocycles.